The molecule has 178 valence electrons. The van der Waals surface area contributed by atoms with Crippen LogP contribution in [0.25, 0.3) is 0 Å². The molecule has 1 saturated heterocycles. The molecule has 0 radical (unpaired) electrons. The summed E-state index contributed by atoms with van der Waals surface area (Å²) in [6.07, 6.45) is 2.01. The lowest BCUT2D eigenvalue weighted by atomic mass is 9.88. The number of rotatable bonds is 6. The standard InChI is InChI=1S/C27H25F3N2O.ClH/c28-19-5-3-18(4-6-19)27(33)2-1-14-31-15-13-26-24(17-31)23-16-21(30)9-12-25(23)32(26)22-10-7-20(29)8-11-22;/h3-12,16,24,26H,1-2,13-15,17H2;1H/t24-,26+;/m0./s1. The summed E-state index contributed by atoms with van der Waals surface area (Å²) < 4.78 is 40.7. The second kappa shape index (κ2) is 10.2. The number of benzene rings is 3. The second-order valence-electron chi connectivity index (χ2n) is 8.85. The van der Waals surface area contributed by atoms with Gasteiger partial charge in [0.2, 0.25) is 0 Å². The van der Waals surface area contributed by atoms with Crippen molar-refractivity contribution in [2.75, 3.05) is 24.5 Å². The first-order valence-corrected chi connectivity index (χ1v) is 11.3. The van der Waals surface area contributed by atoms with Crippen LogP contribution in [-0.4, -0.2) is 36.4 Å². The number of hydrogen-bond donors (Lipinski definition) is 0. The zero-order valence-corrected chi connectivity index (χ0v) is 19.4. The van der Waals surface area contributed by atoms with E-state index in [4.69, 9.17) is 0 Å². The molecule has 34 heavy (non-hydrogen) atoms. The Hall–Kier alpha value is -2.83. The monoisotopic (exact) mass is 486 g/mol. The third kappa shape index (κ3) is 4.84. The minimum absolute atomic E-state index is 0. The van der Waals surface area contributed by atoms with E-state index in [0.29, 0.717) is 18.4 Å². The molecule has 5 rings (SSSR count). The van der Waals surface area contributed by atoms with Crippen molar-refractivity contribution in [1.29, 1.82) is 0 Å². The summed E-state index contributed by atoms with van der Waals surface area (Å²) in [5, 5.41) is 0. The van der Waals surface area contributed by atoms with Crippen LogP contribution in [0, 0.1) is 17.5 Å². The van der Waals surface area contributed by atoms with E-state index in [2.05, 4.69) is 9.80 Å². The van der Waals surface area contributed by atoms with E-state index in [0.717, 1.165) is 43.0 Å². The first kappa shape index (κ1) is 24.3. The van der Waals surface area contributed by atoms with Crippen molar-refractivity contribution in [3.05, 3.63) is 95.3 Å². The van der Waals surface area contributed by atoms with Crippen LogP contribution in [0.15, 0.2) is 66.7 Å². The molecule has 0 aromatic heterocycles. The summed E-state index contributed by atoms with van der Waals surface area (Å²) in [4.78, 5) is 16.9. The highest BCUT2D eigenvalue weighted by atomic mass is 35.5. The van der Waals surface area contributed by atoms with Crippen LogP contribution in [0.3, 0.4) is 0 Å². The van der Waals surface area contributed by atoms with Crippen molar-refractivity contribution in [2.24, 2.45) is 0 Å². The molecule has 3 aromatic carbocycles. The highest BCUT2D eigenvalue weighted by Gasteiger charge is 2.42. The molecule has 0 aliphatic carbocycles. The van der Waals surface area contributed by atoms with Crippen LogP contribution in [0.2, 0.25) is 0 Å². The van der Waals surface area contributed by atoms with Crippen molar-refractivity contribution in [2.45, 2.75) is 31.2 Å². The van der Waals surface area contributed by atoms with Gasteiger partial charge in [-0.2, -0.15) is 0 Å². The number of piperidine rings is 1. The predicted molar refractivity (Wildman–Crippen MR) is 130 cm³/mol. The Morgan fingerprint density at radius 3 is 2.24 bits per heavy atom. The Kier molecular flexibility index (Phi) is 7.29. The maximum absolute atomic E-state index is 14.1. The van der Waals surface area contributed by atoms with Gasteiger partial charge in [-0.3, -0.25) is 4.79 Å². The first-order valence-electron chi connectivity index (χ1n) is 11.3. The second-order valence-corrected chi connectivity index (χ2v) is 8.85. The summed E-state index contributed by atoms with van der Waals surface area (Å²) in [6.45, 7) is 2.43. The van der Waals surface area contributed by atoms with E-state index in [-0.39, 0.29) is 47.6 Å². The Bertz CT molecular complexity index is 1150. The highest BCUT2D eigenvalue weighted by Crippen LogP contribution is 2.48. The molecule has 0 bridgehead atoms. The van der Waals surface area contributed by atoms with Gasteiger partial charge in [-0.15, -0.1) is 12.4 Å². The fourth-order valence-corrected chi connectivity index (χ4v) is 5.22. The van der Waals surface area contributed by atoms with Gasteiger partial charge in [0.05, 0.1) is 0 Å². The van der Waals surface area contributed by atoms with E-state index < -0.39 is 0 Å². The summed E-state index contributed by atoms with van der Waals surface area (Å²) in [7, 11) is 0. The third-order valence-corrected chi connectivity index (χ3v) is 6.79. The van der Waals surface area contributed by atoms with Gasteiger partial charge in [0.15, 0.2) is 5.78 Å². The minimum atomic E-state index is -0.350. The average Bonchev–Trinajstić information content (AvgIpc) is 3.13. The number of Topliss-reactive ketones (excluding diaryl/α,β-unsaturated/α-hetero) is 1. The van der Waals surface area contributed by atoms with E-state index in [1.54, 1.807) is 18.2 Å². The van der Waals surface area contributed by atoms with Crippen molar-refractivity contribution >= 4 is 29.6 Å². The van der Waals surface area contributed by atoms with Gasteiger partial charge in [0, 0.05) is 48.4 Å². The zero-order valence-electron chi connectivity index (χ0n) is 18.6. The summed E-state index contributed by atoms with van der Waals surface area (Å²) in [5.41, 5.74) is 3.41. The van der Waals surface area contributed by atoms with Crippen LogP contribution >= 0.6 is 12.4 Å². The number of anilines is 2. The van der Waals surface area contributed by atoms with Gasteiger partial charge in [-0.25, -0.2) is 13.2 Å². The lowest BCUT2D eigenvalue weighted by Gasteiger charge is -2.39. The molecule has 0 unspecified atom stereocenters. The van der Waals surface area contributed by atoms with Crippen LogP contribution < -0.4 is 4.90 Å². The molecule has 0 N–H and O–H groups in total. The van der Waals surface area contributed by atoms with E-state index in [9.17, 15) is 18.0 Å². The fraction of sp³-hybridized carbons (Fsp3) is 0.296. The molecule has 0 amide bonds. The lowest BCUT2D eigenvalue weighted by molar-refractivity contribution is 0.0971. The smallest absolute Gasteiger partial charge is 0.162 e. The quantitative estimate of drug-likeness (QED) is 0.372. The maximum atomic E-state index is 14.1. The number of carbonyl (C=O) groups excluding carboxylic acids is 1. The normalized spacial score (nSPS) is 19.3. The molecule has 3 aromatic rings. The molecule has 0 spiro atoms. The first-order chi connectivity index (χ1) is 16.0. The molecule has 2 aliphatic heterocycles. The Labute approximate surface area is 203 Å². The molecule has 1 fully saturated rings. The minimum Gasteiger partial charge on any atom is -0.337 e. The lowest BCUT2D eigenvalue weighted by Crippen LogP contribution is -2.45. The van der Waals surface area contributed by atoms with Gasteiger partial charge in [0.25, 0.3) is 0 Å². The Balaban J connectivity index is 0.00000274. The van der Waals surface area contributed by atoms with Gasteiger partial charge < -0.3 is 9.80 Å². The van der Waals surface area contributed by atoms with Gasteiger partial charge in [0.1, 0.15) is 17.5 Å². The maximum Gasteiger partial charge on any atom is 0.162 e. The summed E-state index contributed by atoms with van der Waals surface area (Å²) in [6, 6.07) is 17.2. The van der Waals surface area contributed by atoms with E-state index >= 15 is 0 Å². The van der Waals surface area contributed by atoms with Gasteiger partial charge >= 0.3 is 0 Å². The van der Waals surface area contributed by atoms with Crippen molar-refractivity contribution in [3.63, 3.8) is 0 Å². The summed E-state index contributed by atoms with van der Waals surface area (Å²) >= 11 is 0. The number of hydrogen-bond acceptors (Lipinski definition) is 3. The molecular weight excluding hydrogens is 461 g/mol. The summed E-state index contributed by atoms with van der Waals surface area (Å²) in [5.74, 6) is -0.727. The predicted octanol–water partition coefficient (Wildman–Crippen LogP) is 6.50. The molecule has 0 saturated carbocycles. The number of fused-ring (bicyclic) bond motifs is 3. The van der Waals surface area contributed by atoms with Gasteiger partial charge in [-0.1, -0.05) is 0 Å². The number of carbonyl (C=O) groups is 1. The zero-order chi connectivity index (χ0) is 22.9. The van der Waals surface area contributed by atoms with Crippen LogP contribution in [0.5, 0.6) is 0 Å². The Morgan fingerprint density at radius 2 is 1.53 bits per heavy atom. The van der Waals surface area contributed by atoms with Crippen molar-refractivity contribution in [1.82, 2.24) is 4.90 Å². The SMILES string of the molecule is Cl.O=C(CCCN1CC[C@@H]2[C@@H](C1)c1cc(F)ccc1N2c1ccc(F)cc1)c1ccc(F)cc1. The number of likely N-dealkylation sites (tertiary alicyclic amines) is 1. The molecule has 2 heterocycles. The topological polar surface area (TPSA) is 23.6 Å². The molecule has 3 nitrogen and oxygen atoms in total. The van der Waals surface area contributed by atoms with Crippen LogP contribution in [0.1, 0.15) is 41.1 Å². The number of halogens is 4. The number of nitrogens with zero attached hydrogens (tertiary/aromatic N) is 2. The van der Waals surface area contributed by atoms with E-state index in [1.807, 2.05) is 6.07 Å². The number of ketones is 1. The molecule has 7 heteroatoms. The average molecular weight is 487 g/mol. The Morgan fingerprint density at radius 1 is 0.882 bits per heavy atom. The van der Waals surface area contributed by atoms with Crippen LogP contribution in [0.4, 0.5) is 24.5 Å². The highest BCUT2D eigenvalue weighted by molar-refractivity contribution is 5.95. The van der Waals surface area contributed by atoms with Crippen LogP contribution in [-0.2, 0) is 0 Å². The molecular formula is C27H26ClF3N2O. The van der Waals surface area contributed by atoms with Gasteiger partial charge in [-0.05, 0) is 91.7 Å². The van der Waals surface area contributed by atoms with Crippen molar-refractivity contribution < 1.29 is 18.0 Å². The largest absolute Gasteiger partial charge is 0.337 e. The van der Waals surface area contributed by atoms with E-state index in [1.165, 1.54) is 42.5 Å². The molecule has 2 atom stereocenters. The fourth-order valence-electron chi connectivity index (χ4n) is 5.22. The molecule has 2 aliphatic rings. The van der Waals surface area contributed by atoms with Crippen molar-refractivity contribution in [3.8, 4) is 0 Å². The third-order valence-electron chi connectivity index (χ3n) is 6.79.